The van der Waals surface area contributed by atoms with Gasteiger partial charge in [-0.25, -0.2) is 0 Å². The molecule has 1 saturated heterocycles. The van der Waals surface area contributed by atoms with E-state index in [0.29, 0.717) is 25.0 Å². The molecule has 1 fully saturated rings. The molecule has 20 heavy (non-hydrogen) atoms. The molecular weight excluding hydrogens is 273 g/mol. The number of hydrogen-bond donors (Lipinski definition) is 1. The second kappa shape index (κ2) is 5.99. The first-order valence-corrected chi connectivity index (χ1v) is 6.80. The molecule has 1 aliphatic rings. The first-order chi connectivity index (χ1) is 9.41. The van der Waals surface area contributed by atoms with Crippen molar-refractivity contribution in [3.63, 3.8) is 0 Å². The third-order valence-corrected chi connectivity index (χ3v) is 3.54. The van der Waals surface area contributed by atoms with Gasteiger partial charge in [0.15, 0.2) is 0 Å². The Hall–Kier alpha value is -1.31. The zero-order chi connectivity index (χ0) is 14.8. The van der Waals surface area contributed by atoms with Crippen LogP contribution in [0.5, 0.6) is 0 Å². The lowest BCUT2D eigenvalue weighted by Gasteiger charge is -2.31. The Morgan fingerprint density at radius 2 is 2.00 bits per heavy atom. The predicted octanol–water partition coefficient (Wildman–Crippen LogP) is 2.52. The van der Waals surface area contributed by atoms with E-state index < -0.39 is 12.1 Å². The summed E-state index contributed by atoms with van der Waals surface area (Å²) in [5.74, 6) is -0.762. The van der Waals surface area contributed by atoms with Crippen molar-refractivity contribution < 1.29 is 17.6 Å². The number of nitrogens with one attached hydrogen (secondary N) is 1. The maximum atomic E-state index is 12.6. The highest BCUT2D eigenvalue weighted by atomic mass is 19.4. The van der Waals surface area contributed by atoms with E-state index in [1.165, 1.54) is 0 Å². The van der Waals surface area contributed by atoms with Gasteiger partial charge in [0.1, 0.15) is 0 Å². The van der Waals surface area contributed by atoms with Crippen LogP contribution < -0.4 is 10.2 Å². The first-order valence-electron chi connectivity index (χ1n) is 6.80. The van der Waals surface area contributed by atoms with Crippen LogP contribution in [0, 0.1) is 5.92 Å². The van der Waals surface area contributed by atoms with Gasteiger partial charge in [-0.1, -0.05) is 12.0 Å². The Labute approximate surface area is 115 Å². The lowest BCUT2D eigenvalue weighted by molar-refractivity contribution is -0.179. The number of piperidine rings is 1. The van der Waals surface area contributed by atoms with Crippen LogP contribution in [0.3, 0.4) is 0 Å². The van der Waals surface area contributed by atoms with Crippen LogP contribution in [0.4, 0.5) is 19.2 Å². The zero-order valence-corrected chi connectivity index (χ0v) is 11.6. The molecule has 0 aromatic carbocycles. The van der Waals surface area contributed by atoms with Crippen LogP contribution in [0.25, 0.3) is 0 Å². The van der Waals surface area contributed by atoms with Gasteiger partial charge in [-0.3, -0.25) is 0 Å². The molecule has 1 aromatic heterocycles. The van der Waals surface area contributed by atoms with E-state index in [2.05, 4.69) is 15.5 Å². The number of aromatic nitrogens is 2. The molecular formula is C12H19F3N4O. The van der Waals surface area contributed by atoms with E-state index in [4.69, 9.17) is 4.42 Å². The largest absolute Gasteiger partial charge is 0.406 e. The summed E-state index contributed by atoms with van der Waals surface area (Å²) in [6.07, 6.45) is -3.96. The van der Waals surface area contributed by atoms with Gasteiger partial charge in [0.25, 0.3) is 0 Å². The number of halogens is 3. The summed E-state index contributed by atoms with van der Waals surface area (Å²) in [6, 6.07) is 0.249. The topological polar surface area (TPSA) is 54.2 Å². The van der Waals surface area contributed by atoms with Crippen molar-refractivity contribution in [2.45, 2.75) is 38.9 Å². The van der Waals surface area contributed by atoms with Crippen LogP contribution in [0.1, 0.15) is 38.6 Å². The molecule has 1 unspecified atom stereocenters. The molecule has 8 heteroatoms. The normalized spacial score (nSPS) is 19.4. The third-order valence-electron chi connectivity index (χ3n) is 3.54. The van der Waals surface area contributed by atoms with Gasteiger partial charge in [-0.15, -0.1) is 5.10 Å². The Morgan fingerprint density at radius 1 is 1.35 bits per heavy atom. The summed E-state index contributed by atoms with van der Waals surface area (Å²) in [4.78, 5) is 1.72. The standard InChI is InChI=1S/C12H19F3N4O/c1-3-16-8(2)10-17-18-11(20-10)19-6-4-9(5-7-19)12(13,14)15/h8-9,16H,3-7H2,1-2H3. The fourth-order valence-electron chi connectivity index (χ4n) is 2.32. The van der Waals surface area contributed by atoms with Crippen LogP contribution >= 0.6 is 0 Å². The van der Waals surface area contributed by atoms with E-state index in [1.807, 2.05) is 13.8 Å². The molecule has 1 N–H and O–H groups in total. The summed E-state index contributed by atoms with van der Waals surface area (Å²) >= 11 is 0. The molecule has 2 rings (SSSR count). The van der Waals surface area contributed by atoms with Gasteiger partial charge in [-0.2, -0.15) is 13.2 Å². The maximum absolute atomic E-state index is 12.6. The second-order valence-electron chi connectivity index (χ2n) is 5.01. The van der Waals surface area contributed by atoms with Gasteiger partial charge in [-0.05, 0) is 26.3 Å². The van der Waals surface area contributed by atoms with Gasteiger partial charge < -0.3 is 14.6 Å². The lowest BCUT2D eigenvalue weighted by atomic mass is 9.97. The van der Waals surface area contributed by atoms with E-state index in [9.17, 15) is 13.2 Å². The van der Waals surface area contributed by atoms with Crippen molar-refractivity contribution in [3.05, 3.63) is 5.89 Å². The summed E-state index contributed by atoms with van der Waals surface area (Å²) in [5.41, 5.74) is 0. The van der Waals surface area contributed by atoms with E-state index in [1.54, 1.807) is 4.90 Å². The molecule has 0 radical (unpaired) electrons. The highest BCUT2D eigenvalue weighted by Gasteiger charge is 2.41. The Morgan fingerprint density at radius 3 is 2.55 bits per heavy atom. The number of hydrogen-bond acceptors (Lipinski definition) is 5. The molecule has 1 aromatic rings. The number of alkyl halides is 3. The second-order valence-corrected chi connectivity index (χ2v) is 5.01. The molecule has 0 spiro atoms. The van der Waals surface area contributed by atoms with E-state index in [0.717, 1.165) is 6.54 Å². The molecule has 0 aliphatic carbocycles. The molecule has 1 aliphatic heterocycles. The number of anilines is 1. The van der Waals surface area contributed by atoms with Gasteiger partial charge in [0.05, 0.1) is 12.0 Å². The fourth-order valence-corrected chi connectivity index (χ4v) is 2.32. The maximum Gasteiger partial charge on any atom is 0.391 e. The van der Waals surface area contributed by atoms with Crippen molar-refractivity contribution in [2.75, 3.05) is 24.5 Å². The van der Waals surface area contributed by atoms with Gasteiger partial charge in [0, 0.05) is 13.1 Å². The number of rotatable bonds is 4. The van der Waals surface area contributed by atoms with Crippen molar-refractivity contribution in [1.29, 1.82) is 0 Å². The minimum Gasteiger partial charge on any atom is -0.406 e. The highest BCUT2D eigenvalue weighted by molar-refractivity contribution is 5.25. The van der Waals surface area contributed by atoms with E-state index in [-0.39, 0.29) is 18.9 Å². The van der Waals surface area contributed by atoms with Crippen LogP contribution in [0.15, 0.2) is 4.42 Å². The smallest absolute Gasteiger partial charge is 0.391 e. The Balaban J connectivity index is 1.94. The number of nitrogens with zero attached hydrogens (tertiary/aromatic N) is 3. The average Bonchev–Trinajstić information content (AvgIpc) is 2.88. The minimum absolute atomic E-state index is 0.0611. The van der Waals surface area contributed by atoms with Crippen molar-refractivity contribution in [3.8, 4) is 0 Å². The Bertz CT molecular complexity index is 427. The molecule has 0 bridgehead atoms. The first kappa shape index (κ1) is 15.1. The monoisotopic (exact) mass is 292 g/mol. The lowest BCUT2D eigenvalue weighted by Crippen LogP contribution is -2.39. The molecule has 2 heterocycles. The van der Waals surface area contributed by atoms with Crippen LogP contribution in [-0.4, -0.2) is 36.0 Å². The van der Waals surface area contributed by atoms with Crippen molar-refractivity contribution >= 4 is 6.01 Å². The fraction of sp³-hybridized carbons (Fsp3) is 0.833. The third kappa shape index (κ3) is 3.41. The highest BCUT2D eigenvalue weighted by Crippen LogP contribution is 2.35. The van der Waals surface area contributed by atoms with Crippen molar-refractivity contribution in [1.82, 2.24) is 15.5 Å². The molecule has 0 saturated carbocycles. The molecule has 114 valence electrons. The predicted molar refractivity (Wildman–Crippen MR) is 67.4 cm³/mol. The summed E-state index contributed by atoms with van der Waals surface area (Å²) in [5, 5.41) is 11.0. The quantitative estimate of drug-likeness (QED) is 0.924. The van der Waals surface area contributed by atoms with Crippen LogP contribution in [-0.2, 0) is 0 Å². The molecule has 1 atom stereocenters. The Kier molecular flexibility index (Phi) is 4.52. The SMILES string of the molecule is CCNC(C)c1nnc(N2CCC(C(F)(F)F)CC2)o1. The van der Waals surface area contributed by atoms with Gasteiger partial charge in [0.2, 0.25) is 5.89 Å². The van der Waals surface area contributed by atoms with Crippen molar-refractivity contribution in [2.24, 2.45) is 5.92 Å². The van der Waals surface area contributed by atoms with Gasteiger partial charge >= 0.3 is 12.2 Å². The minimum atomic E-state index is -4.11. The molecule has 5 nitrogen and oxygen atoms in total. The van der Waals surface area contributed by atoms with Crippen LogP contribution in [0.2, 0.25) is 0 Å². The summed E-state index contributed by atoms with van der Waals surface area (Å²) in [6.45, 7) is 5.23. The summed E-state index contributed by atoms with van der Waals surface area (Å²) in [7, 11) is 0. The zero-order valence-electron chi connectivity index (χ0n) is 11.6. The summed E-state index contributed by atoms with van der Waals surface area (Å²) < 4.78 is 43.3. The van der Waals surface area contributed by atoms with E-state index >= 15 is 0 Å². The molecule has 0 amide bonds. The average molecular weight is 292 g/mol.